The number of carbonyl (C=O) groups excluding carboxylic acids is 1. The average molecular weight is 287 g/mol. The Kier molecular flexibility index (Phi) is 3.96. The number of rotatable bonds is 4. The van der Waals surface area contributed by atoms with E-state index in [1.54, 1.807) is 0 Å². The second-order valence-electron chi connectivity index (χ2n) is 5.14. The van der Waals surface area contributed by atoms with Gasteiger partial charge in [-0.3, -0.25) is 4.79 Å². The van der Waals surface area contributed by atoms with E-state index in [1.165, 1.54) is 19.1 Å². The number of hydrogen-bond donors (Lipinski definition) is 0. The summed E-state index contributed by atoms with van der Waals surface area (Å²) < 4.78 is 9.81. The van der Waals surface area contributed by atoms with Gasteiger partial charge in [-0.25, -0.2) is 0 Å². The van der Waals surface area contributed by atoms with Gasteiger partial charge in [-0.1, -0.05) is 35.5 Å². The number of carbonyl (C=O) groups is 1. The summed E-state index contributed by atoms with van der Waals surface area (Å²) in [6.45, 7) is 1.33. The topological polar surface area (TPSA) is 68.5 Å². The molecule has 2 atom stereocenters. The second kappa shape index (κ2) is 6.05. The Balaban J connectivity index is 1.86. The maximum atomic E-state index is 12.1. The molecule has 1 aliphatic rings. The van der Waals surface area contributed by atoms with Crippen LogP contribution in [0, 0.1) is 0 Å². The van der Waals surface area contributed by atoms with Crippen molar-refractivity contribution in [2.24, 2.45) is 0 Å². The van der Waals surface area contributed by atoms with E-state index in [0.717, 1.165) is 0 Å². The standard InChI is InChI=1S/C15H17N3O3/c1-20-9-14(19)18-7-12(11-5-3-2-4-6-11)13(8-18)15-16-10-21-17-15/h2-6,10,12-13H,7-9H2,1H3/t12-,13+/m0/s1. The van der Waals surface area contributed by atoms with Gasteiger partial charge < -0.3 is 14.2 Å². The van der Waals surface area contributed by atoms with Crippen LogP contribution < -0.4 is 0 Å². The highest BCUT2D eigenvalue weighted by atomic mass is 16.5. The van der Waals surface area contributed by atoms with Crippen molar-refractivity contribution in [3.05, 3.63) is 48.1 Å². The third-order valence-corrected chi connectivity index (χ3v) is 3.88. The van der Waals surface area contributed by atoms with Gasteiger partial charge in [0.05, 0.1) is 0 Å². The summed E-state index contributed by atoms with van der Waals surface area (Å²) in [5.74, 6) is 0.859. The Bertz CT molecular complexity index is 585. The van der Waals surface area contributed by atoms with Crippen LogP contribution in [0.4, 0.5) is 0 Å². The van der Waals surface area contributed by atoms with E-state index in [1.807, 2.05) is 23.1 Å². The molecular weight excluding hydrogens is 270 g/mol. The third-order valence-electron chi connectivity index (χ3n) is 3.88. The lowest BCUT2D eigenvalue weighted by atomic mass is 9.88. The highest BCUT2D eigenvalue weighted by Crippen LogP contribution is 2.38. The van der Waals surface area contributed by atoms with E-state index in [2.05, 4.69) is 22.3 Å². The van der Waals surface area contributed by atoms with Crippen molar-refractivity contribution in [3.63, 3.8) is 0 Å². The minimum Gasteiger partial charge on any atom is -0.375 e. The van der Waals surface area contributed by atoms with E-state index in [4.69, 9.17) is 9.26 Å². The molecule has 0 unspecified atom stereocenters. The first-order chi connectivity index (χ1) is 10.3. The molecule has 2 heterocycles. The normalized spacial score (nSPS) is 21.7. The van der Waals surface area contributed by atoms with Crippen molar-refractivity contribution in [1.29, 1.82) is 0 Å². The van der Waals surface area contributed by atoms with Crippen LogP contribution in [-0.2, 0) is 9.53 Å². The SMILES string of the molecule is COCC(=O)N1C[C@@H](c2ccccc2)[C@H](c2ncon2)C1. The molecule has 1 amide bonds. The van der Waals surface area contributed by atoms with Crippen molar-refractivity contribution in [3.8, 4) is 0 Å². The lowest BCUT2D eigenvalue weighted by Gasteiger charge is -2.16. The maximum absolute atomic E-state index is 12.1. The van der Waals surface area contributed by atoms with E-state index >= 15 is 0 Å². The Labute approximate surface area is 122 Å². The highest BCUT2D eigenvalue weighted by Gasteiger charge is 2.39. The fraction of sp³-hybridized carbons (Fsp3) is 0.400. The molecule has 110 valence electrons. The molecule has 0 radical (unpaired) electrons. The number of methoxy groups -OCH3 is 1. The van der Waals surface area contributed by atoms with Gasteiger partial charge >= 0.3 is 0 Å². The molecule has 1 aliphatic heterocycles. The molecule has 3 rings (SSSR count). The van der Waals surface area contributed by atoms with E-state index in [9.17, 15) is 4.79 Å². The second-order valence-corrected chi connectivity index (χ2v) is 5.14. The molecule has 0 spiro atoms. The number of likely N-dealkylation sites (tertiary alicyclic amines) is 1. The summed E-state index contributed by atoms with van der Waals surface area (Å²) in [6, 6.07) is 10.1. The Morgan fingerprint density at radius 2 is 2.10 bits per heavy atom. The molecular formula is C15H17N3O3. The van der Waals surface area contributed by atoms with Crippen molar-refractivity contribution in [2.75, 3.05) is 26.8 Å². The molecule has 21 heavy (non-hydrogen) atoms. The molecule has 1 fully saturated rings. The maximum Gasteiger partial charge on any atom is 0.248 e. The van der Waals surface area contributed by atoms with Crippen LogP contribution >= 0.6 is 0 Å². The van der Waals surface area contributed by atoms with Crippen LogP contribution in [0.2, 0.25) is 0 Å². The minimum atomic E-state index is -0.00979. The molecule has 0 N–H and O–H groups in total. The molecule has 6 nitrogen and oxygen atoms in total. The lowest BCUT2D eigenvalue weighted by Crippen LogP contribution is -2.31. The number of aromatic nitrogens is 2. The van der Waals surface area contributed by atoms with Crippen LogP contribution in [0.1, 0.15) is 23.2 Å². The van der Waals surface area contributed by atoms with Crippen LogP contribution in [-0.4, -0.2) is 47.8 Å². The summed E-state index contributed by atoms with van der Waals surface area (Å²) in [7, 11) is 1.53. The van der Waals surface area contributed by atoms with Crippen LogP contribution in [0.3, 0.4) is 0 Å². The first kappa shape index (κ1) is 13.8. The smallest absolute Gasteiger partial charge is 0.248 e. The fourth-order valence-corrected chi connectivity index (χ4v) is 2.86. The number of nitrogens with zero attached hydrogens (tertiary/aromatic N) is 3. The first-order valence-corrected chi connectivity index (χ1v) is 6.87. The number of amides is 1. The molecule has 0 aliphatic carbocycles. The minimum absolute atomic E-state index is 0.00979. The highest BCUT2D eigenvalue weighted by molar-refractivity contribution is 5.78. The Morgan fingerprint density at radius 3 is 2.76 bits per heavy atom. The van der Waals surface area contributed by atoms with Gasteiger partial charge in [0.1, 0.15) is 6.61 Å². The van der Waals surface area contributed by atoms with Crippen LogP contribution in [0.25, 0.3) is 0 Å². The molecule has 1 aromatic carbocycles. The average Bonchev–Trinajstić information content (AvgIpc) is 3.17. The van der Waals surface area contributed by atoms with Gasteiger partial charge in [0.2, 0.25) is 12.3 Å². The predicted molar refractivity (Wildman–Crippen MR) is 74.7 cm³/mol. The summed E-state index contributed by atoms with van der Waals surface area (Å²) in [5, 5.41) is 3.96. The molecule has 0 bridgehead atoms. The van der Waals surface area contributed by atoms with Gasteiger partial charge in [0, 0.05) is 32.0 Å². The molecule has 1 saturated heterocycles. The quantitative estimate of drug-likeness (QED) is 0.851. The number of benzene rings is 1. The zero-order chi connectivity index (χ0) is 14.7. The summed E-state index contributed by atoms with van der Waals surface area (Å²) in [4.78, 5) is 18.0. The van der Waals surface area contributed by atoms with E-state index in [-0.39, 0.29) is 24.3 Å². The van der Waals surface area contributed by atoms with Crippen LogP contribution in [0.5, 0.6) is 0 Å². The predicted octanol–water partition coefficient (Wildman–Crippen LogP) is 1.43. The van der Waals surface area contributed by atoms with Gasteiger partial charge in [-0.05, 0) is 5.56 Å². The van der Waals surface area contributed by atoms with Crippen molar-refractivity contribution in [2.45, 2.75) is 11.8 Å². The summed E-state index contributed by atoms with van der Waals surface area (Å²) in [6.07, 6.45) is 1.33. The zero-order valence-electron chi connectivity index (χ0n) is 11.8. The van der Waals surface area contributed by atoms with Crippen molar-refractivity contribution < 1.29 is 14.1 Å². The zero-order valence-corrected chi connectivity index (χ0v) is 11.8. The number of hydrogen-bond acceptors (Lipinski definition) is 5. The molecule has 0 saturated carbocycles. The first-order valence-electron chi connectivity index (χ1n) is 6.87. The van der Waals surface area contributed by atoms with E-state index < -0.39 is 0 Å². The van der Waals surface area contributed by atoms with Gasteiger partial charge in [-0.15, -0.1) is 0 Å². The van der Waals surface area contributed by atoms with Crippen molar-refractivity contribution >= 4 is 5.91 Å². The molecule has 6 heteroatoms. The summed E-state index contributed by atoms with van der Waals surface area (Å²) >= 11 is 0. The van der Waals surface area contributed by atoms with E-state index in [0.29, 0.717) is 18.9 Å². The third kappa shape index (κ3) is 2.80. The molecule has 1 aromatic heterocycles. The van der Waals surface area contributed by atoms with Crippen LogP contribution in [0.15, 0.2) is 41.2 Å². The Morgan fingerprint density at radius 1 is 1.33 bits per heavy atom. The Hall–Kier alpha value is -2.21. The largest absolute Gasteiger partial charge is 0.375 e. The lowest BCUT2D eigenvalue weighted by molar-refractivity contribution is -0.134. The van der Waals surface area contributed by atoms with Gasteiger partial charge in [-0.2, -0.15) is 4.98 Å². The fourth-order valence-electron chi connectivity index (χ4n) is 2.86. The van der Waals surface area contributed by atoms with Gasteiger partial charge in [0.25, 0.3) is 0 Å². The summed E-state index contributed by atoms with van der Waals surface area (Å²) in [5.41, 5.74) is 1.18. The molecule has 2 aromatic rings. The monoisotopic (exact) mass is 287 g/mol. The van der Waals surface area contributed by atoms with Gasteiger partial charge in [0.15, 0.2) is 5.82 Å². The van der Waals surface area contributed by atoms with Crippen molar-refractivity contribution in [1.82, 2.24) is 15.0 Å². The number of ether oxygens (including phenoxy) is 1.